The first-order valence-electron chi connectivity index (χ1n) is 8.49. The van der Waals surface area contributed by atoms with E-state index in [4.69, 9.17) is 0 Å². The van der Waals surface area contributed by atoms with Gasteiger partial charge in [0.15, 0.2) is 0 Å². The Morgan fingerprint density at radius 2 is 1.88 bits per heavy atom. The molecule has 0 radical (unpaired) electrons. The van der Waals surface area contributed by atoms with Crippen molar-refractivity contribution in [3.63, 3.8) is 0 Å². The average Bonchev–Trinajstić information content (AvgIpc) is 2.90. The van der Waals surface area contributed by atoms with Crippen molar-refractivity contribution in [3.05, 3.63) is 41.1 Å². The highest BCUT2D eigenvalue weighted by molar-refractivity contribution is 6.06. The van der Waals surface area contributed by atoms with Crippen molar-refractivity contribution in [1.82, 2.24) is 9.80 Å². The molecular formula is C19H22N2O5. The number of carboxylic acids is 1. The van der Waals surface area contributed by atoms with Gasteiger partial charge in [-0.05, 0) is 30.0 Å². The molecule has 2 heterocycles. The van der Waals surface area contributed by atoms with E-state index >= 15 is 0 Å². The van der Waals surface area contributed by atoms with Crippen LogP contribution in [0.1, 0.15) is 24.5 Å². The summed E-state index contributed by atoms with van der Waals surface area (Å²) >= 11 is 0. The maximum atomic E-state index is 12.2. The number of carbonyl (C=O) groups excluding carboxylic acids is 2. The van der Waals surface area contributed by atoms with E-state index in [-0.39, 0.29) is 30.0 Å². The van der Waals surface area contributed by atoms with Gasteiger partial charge < -0.3 is 20.0 Å². The lowest BCUT2D eigenvalue weighted by Gasteiger charge is -2.44. The molecule has 2 aliphatic rings. The van der Waals surface area contributed by atoms with Crippen LogP contribution in [0.4, 0.5) is 0 Å². The fraction of sp³-hybridized carbons (Fsp3) is 0.421. The first-order chi connectivity index (χ1) is 12.2. The highest BCUT2D eigenvalue weighted by Crippen LogP contribution is 2.46. The van der Waals surface area contributed by atoms with Crippen LogP contribution < -0.4 is 0 Å². The molecule has 1 saturated heterocycles. The SMILES string of the molecule is C[C@@H](O)[C@H]1C(=O)N2C(C(=O)O)=C(c3ccc(CC(=O)N(C)C)cc3)C[C@H]12. The molecule has 2 amide bonds. The topological polar surface area (TPSA) is 98.1 Å². The molecule has 0 unspecified atom stereocenters. The molecule has 2 aliphatic heterocycles. The number of aliphatic hydroxyl groups excluding tert-OH is 1. The molecule has 3 rings (SSSR count). The molecule has 0 aromatic heterocycles. The van der Waals surface area contributed by atoms with E-state index < -0.39 is 18.0 Å². The molecule has 138 valence electrons. The van der Waals surface area contributed by atoms with Crippen LogP contribution in [0.2, 0.25) is 0 Å². The molecule has 7 nitrogen and oxygen atoms in total. The third kappa shape index (κ3) is 2.88. The number of benzene rings is 1. The maximum absolute atomic E-state index is 12.2. The van der Waals surface area contributed by atoms with E-state index in [1.54, 1.807) is 45.3 Å². The highest BCUT2D eigenvalue weighted by atomic mass is 16.4. The molecule has 1 aromatic carbocycles. The van der Waals surface area contributed by atoms with Crippen molar-refractivity contribution in [3.8, 4) is 0 Å². The van der Waals surface area contributed by atoms with Gasteiger partial charge in [-0.3, -0.25) is 9.59 Å². The van der Waals surface area contributed by atoms with Crippen molar-refractivity contribution in [2.75, 3.05) is 14.1 Å². The summed E-state index contributed by atoms with van der Waals surface area (Å²) in [5.74, 6) is -2.06. The second-order valence-electron chi connectivity index (χ2n) is 7.04. The fourth-order valence-electron chi connectivity index (χ4n) is 3.68. The Labute approximate surface area is 151 Å². The van der Waals surface area contributed by atoms with Gasteiger partial charge in [0.1, 0.15) is 5.70 Å². The van der Waals surface area contributed by atoms with Gasteiger partial charge in [-0.25, -0.2) is 4.79 Å². The lowest BCUT2D eigenvalue weighted by atomic mass is 9.82. The van der Waals surface area contributed by atoms with E-state index in [9.17, 15) is 24.6 Å². The number of hydrogen-bond acceptors (Lipinski definition) is 4. The smallest absolute Gasteiger partial charge is 0.352 e. The fourth-order valence-corrected chi connectivity index (χ4v) is 3.68. The zero-order valence-electron chi connectivity index (χ0n) is 15.0. The molecule has 3 atom stereocenters. The molecule has 0 saturated carbocycles. The molecule has 1 fully saturated rings. The Bertz CT molecular complexity index is 795. The van der Waals surface area contributed by atoms with Gasteiger partial charge >= 0.3 is 5.97 Å². The average molecular weight is 358 g/mol. The van der Waals surface area contributed by atoms with Crippen LogP contribution in [0, 0.1) is 5.92 Å². The Kier molecular flexibility index (Phi) is 4.58. The Hall–Kier alpha value is -2.67. The normalized spacial score (nSPS) is 22.8. The molecule has 7 heteroatoms. The number of carboxylic acid groups (broad SMARTS) is 1. The molecule has 26 heavy (non-hydrogen) atoms. The summed E-state index contributed by atoms with van der Waals surface area (Å²) in [4.78, 5) is 38.6. The van der Waals surface area contributed by atoms with E-state index in [1.165, 1.54) is 9.80 Å². The first kappa shape index (κ1) is 18.1. The summed E-state index contributed by atoms with van der Waals surface area (Å²) in [6.45, 7) is 1.55. The van der Waals surface area contributed by atoms with Crippen molar-refractivity contribution >= 4 is 23.4 Å². The minimum Gasteiger partial charge on any atom is -0.477 e. The van der Waals surface area contributed by atoms with Crippen molar-refractivity contribution in [2.45, 2.75) is 31.9 Å². The van der Waals surface area contributed by atoms with Crippen molar-refractivity contribution < 1.29 is 24.6 Å². The van der Waals surface area contributed by atoms with Crippen LogP contribution in [-0.2, 0) is 20.8 Å². The Balaban J connectivity index is 1.88. The predicted molar refractivity (Wildman–Crippen MR) is 93.8 cm³/mol. The van der Waals surface area contributed by atoms with Gasteiger partial charge in [0.2, 0.25) is 11.8 Å². The standard InChI is InChI=1S/C19H22N2O5/c1-10(22)16-14-9-13(17(19(25)26)21(14)18(16)24)12-6-4-11(5-7-12)8-15(23)20(2)3/h4-7,10,14,16,22H,8-9H2,1-3H3,(H,25,26)/t10-,14-,16-/m1/s1. The molecule has 0 aliphatic carbocycles. The molecule has 2 N–H and O–H groups in total. The van der Waals surface area contributed by atoms with Crippen LogP contribution in [0.5, 0.6) is 0 Å². The van der Waals surface area contributed by atoms with Gasteiger partial charge in [0, 0.05) is 14.1 Å². The molecule has 1 aromatic rings. The van der Waals surface area contributed by atoms with Gasteiger partial charge in [-0.2, -0.15) is 0 Å². The zero-order valence-corrected chi connectivity index (χ0v) is 15.0. The number of aliphatic carboxylic acids is 1. The zero-order chi connectivity index (χ0) is 19.2. The van der Waals surface area contributed by atoms with Crippen LogP contribution in [0.3, 0.4) is 0 Å². The number of nitrogens with zero attached hydrogens (tertiary/aromatic N) is 2. The number of likely N-dealkylation sites (N-methyl/N-ethyl adjacent to an activating group) is 1. The molecular weight excluding hydrogens is 336 g/mol. The van der Waals surface area contributed by atoms with Gasteiger partial charge in [0.05, 0.1) is 24.5 Å². The summed E-state index contributed by atoms with van der Waals surface area (Å²) in [5, 5.41) is 19.4. The number of β-lactam (4-membered cyclic amide) rings is 1. The summed E-state index contributed by atoms with van der Waals surface area (Å²) in [6.07, 6.45) is -0.133. The number of aliphatic hydroxyl groups is 1. The van der Waals surface area contributed by atoms with E-state index in [2.05, 4.69) is 0 Å². The summed E-state index contributed by atoms with van der Waals surface area (Å²) < 4.78 is 0. The van der Waals surface area contributed by atoms with E-state index in [0.717, 1.165) is 11.1 Å². The number of hydrogen-bond donors (Lipinski definition) is 2. The summed E-state index contributed by atoms with van der Waals surface area (Å²) in [6, 6.07) is 6.85. The Morgan fingerprint density at radius 3 is 2.38 bits per heavy atom. The van der Waals surface area contributed by atoms with Gasteiger partial charge in [0.25, 0.3) is 0 Å². The quantitative estimate of drug-likeness (QED) is 0.756. The van der Waals surface area contributed by atoms with E-state index in [1.807, 2.05) is 0 Å². The lowest BCUT2D eigenvalue weighted by molar-refractivity contribution is -0.161. The van der Waals surface area contributed by atoms with Crippen LogP contribution >= 0.6 is 0 Å². The first-order valence-corrected chi connectivity index (χ1v) is 8.49. The van der Waals surface area contributed by atoms with Crippen LogP contribution in [-0.4, -0.2) is 64.0 Å². The second-order valence-corrected chi connectivity index (χ2v) is 7.04. The highest BCUT2D eigenvalue weighted by Gasteiger charge is 2.56. The summed E-state index contributed by atoms with van der Waals surface area (Å²) in [5.41, 5.74) is 2.14. The van der Waals surface area contributed by atoms with E-state index in [0.29, 0.717) is 12.0 Å². The molecule has 0 bridgehead atoms. The maximum Gasteiger partial charge on any atom is 0.352 e. The Morgan fingerprint density at radius 1 is 1.27 bits per heavy atom. The largest absolute Gasteiger partial charge is 0.477 e. The number of amides is 2. The predicted octanol–water partition coefficient (Wildman–Crippen LogP) is 0.724. The van der Waals surface area contributed by atoms with Gasteiger partial charge in [-0.1, -0.05) is 24.3 Å². The van der Waals surface area contributed by atoms with Crippen molar-refractivity contribution in [2.24, 2.45) is 5.92 Å². The number of carbonyl (C=O) groups is 3. The minimum absolute atomic E-state index is 0.00554. The van der Waals surface area contributed by atoms with Crippen molar-refractivity contribution in [1.29, 1.82) is 0 Å². The third-order valence-electron chi connectivity index (χ3n) is 5.09. The minimum atomic E-state index is -1.15. The second kappa shape index (κ2) is 6.57. The summed E-state index contributed by atoms with van der Waals surface area (Å²) in [7, 11) is 3.39. The van der Waals surface area contributed by atoms with Crippen LogP contribution in [0.25, 0.3) is 5.57 Å². The van der Waals surface area contributed by atoms with Crippen LogP contribution in [0.15, 0.2) is 30.0 Å². The third-order valence-corrected chi connectivity index (χ3v) is 5.09. The molecule has 0 spiro atoms. The van der Waals surface area contributed by atoms with Gasteiger partial charge in [-0.15, -0.1) is 0 Å². The lowest BCUT2D eigenvalue weighted by Crippen LogP contribution is -2.61. The number of rotatable bonds is 5. The monoisotopic (exact) mass is 358 g/mol. The number of fused-ring (bicyclic) bond motifs is 1.